The van der Waals surface area contributed by atoms with E-state index in [-0.39, 0.29) is 5.69 Å². The maximum Gasteiger partial charge on any atom is 0.291 e. The summed E-state index contributed by atoms with van der Waals surface area (Å²) >= 11 is 0. The summed E-state index contributed by atoms with van der Waals surface area (Å²) in [6.45, 7) is 0. The molecule has 25 heavy (non-hydrogen) atoms. The van der Waals surface area contributed by atoms with Gasteiger partial charge in [0, 0.05) is 6.07 Å². The standard InChI is InChI=1S/C17H16N4O4/c1-23-15-6-5-11(8-16(15)24-2)10-18-21-17(22)13-9-12(19-20-13)14-4-3-7-25-14/h3-10H,1-2H3,(H,19,20)(H,21,22)/b18-10-. The number of ether oxygens (including phenoxy) is 2. The number of aromatic amines is 1. The first-order valence-corrected chi connectivity index (χ1v) is 7.36. The Hall–Kier alpha value is -3.55. The van der Waals surface area contributed by atoms with Crippen LogP contribution in [0.5, 0.6) is 11.5 Å². The molecule has 0 saturated carbocycles. The third-order valence-electron chi connectivity index (χ3n) is 3.38. The zero-order valence-electron chi connectivity index (χ0n) is 13.6. The number of furan rings is 1. The quantitative estimate of drug-likeness (QED) is 0.530. The van der Waals surface area contributed by atoms with Crippen LogP contribution in [-0.2, 0) is 0 Å². The smallest absolute Gasteiger partial charge is 0.291 e. The van der Waals surface area contributed by atoms with Gasteiger partial charge in [0.25, 0.3) is 5.91 Å². The van der Waals surface area contributed by atoms with Crippen molar-refractivity contribution in [3.8, 4) is 23.0 Å². The van der Waals surface area contributed by atoms with Gasteiger partial charge in [-0.15, -0.1) is 0 Å². The molecule has 0 saturated heterocycles. The number of H-pyrrole nitrogens is 1. The number of nitrogens with zero attached hydrogens (tertiary/aromatic N) is 2. The average molecular weight is 340 g/mol. The summed E-state index contributed by atoms with van der Waals surface area (Å²) in [4.78, 5) is 12.1. The Morgan fingerprint density at radius 3 is 2.80 bits per heavy atom. The van der Waals surface area contributed by atoms with E-state index >= 15 is 0 Å². The van der Waals surface area contributed by atoms with Gasteiger partial charge in [0.2, 0.25) is 0 Å². The molecule has 2 N–H and O–H groups in total. The van der Waals surface area contributed by atoms with E-state index in [1.807, 2.05) is 0 Å². The number of methoxy groups -OCH3 is 2. The summed E-state index contributed by atoms with van der Waals surface area (Å²) in [5, 5.41) is 10.6. The molecule has 0 spiro atoms. The van der Waals surface area contributed by atoms with Crippen molar-refractivity contribution in [1.29, 1.82) is 0 Å². The second kappa shape index (κ2) is 7.35. The fraction of sp³-hybridized carbons (Fsp3) is 0.118. The van der Waals surface area contributed by atoms with Gasteiger partial charge in [-0.3, -0.25) is 9.89 Å². The van der Waals surface area contributed by atoms with Gasteiger partial charge in [0.05, 0.1) is 26.7 Å². The fourth-order valence-electron chi connectivity index (χ4n) is 2.15. The summed E-state index contributed by atoms with van der Waals surface area (Å²) < 4.78 is 15.6. The monoisotopic (exact) mass is 340 g/mol. The number of hydrazone groups is 1. The third-order valence-corrected chi connectivity index (χ3v) is 3.38. The summed E-state index contributed by atoms with van der Waals surface area (Å²) in [6.07, 6.45) is 3.04. The van der Waals surface area contributed by atoms with Crippen molar-refractivity contribution in [3.63, 3.8) is 0 Å². The molecule has 0 aliphatic rings. The van der Waals surface area contributed by atoms with Crippen LogP contribution >= 0.6 is 0 Å². The Labute approximate surface area is 143 Å². The lowest BCUT2D eigenvalue weighted by atomic mass is 10.2. The number of benzene rings is 1. The molecule has 0 aliphatic carbocycles. The Bertz CT molecular complexity index is 884. The minimum absolute atomic E-state index is 0.205. The Balaban J connectivity index is 1.65. The Morgan fingerprint density at radius 2 is 2.08 bits per heavy atom. The van der Waals surface area contributed by atoms with Crippen molar-refractivity contribution in [2.24, 2.45) is 5.10 Å². The summed E-state index contributed by atoms with van der Waals surface area (Å²) in [5.41, 5.74) is 3.98. The van der Waals surface area contributed by atoms with Gasteiger partial charge in [-0.05, 0) is 35.9 Å². The van der Waals surface area contributed by atoms with Crippen LogP contribution in [0.4, 0.5) is 0 Å². The molecular formula is C17H16N4O4. The third kappa shape index (κ3) is 3.69. The lowest BCUT2D eigenvalue weighted by Gasteiger charge is -2.07. The van der Waals surface area contributed by atoms with Gasteiger partial charge in [0.15, 0.2) is 23.0 Å². The van der Waals surface area contributed by atoms with Gasteiger partial charge in [-0.1, -0.05) is 0 Å². The zero-order valence-corrected chi connectivity index (χ0v) is 13.6. The van der Waals surface area contributed by atoms with Gasteiger partial charge in [0.1, 0.15) is 5.69 Å². The molecule has 0 atom stereocenters. The summed E-state index contributed by atoms with van der Waals surface area (Å²) in [5.74, 6) is 1.35. The predicted molar refractivity (Wildman–Crippen MR) is 90.9 cm³/mol. The van der Waals surface area contributed by atoms with Crippen LogP contribution in [0, 0.1) is 0 Å². The molecule has 128 valence electrons. The average Bonchev–Trinajstić information content (AvgIpc) is 3.32. The normalized spacial score (nSPS) is 10.8. The Kier molecular flexibility index (Phi) is 4.79. The fourth-order valence-corrected chi connectivity index (χ4v) is 2.15. The van der Waals surface area contributed by atoms with Crippen LogP contribution < -0.4 is 14.9 Å². The maximum atomic E-state index is 12.1. The molecule has 0 fully saturated rings. The number of carbonyl (C=O) groups excluding carboxylic acids is 1. The number of nitrogens with one attached hydrogen (secondary N) is 2. The van der Waals surface area contributed by atoms with Gasteiger partial charge in [-0.25, -0.2) is 5.43 Å². The minimum atomic E-state index is -0.439. The SMILES string of the molecule is COc1ccc(/C=N\NC(=O)c2cc(-c3ccco3)[nH]n2)cc1OC. The first-order chi connectivity index (χ1) is 12.2. The molecule has 0 radical (unpaired) electrons. The van der Waals surface area contributed by atoms with E-state index in [0.717, 1.165) is 5.56 Å². The lowest BCUT2D eigenvalue weighted by Crippen LogP contribution is -2.18. The number of hydrogen-bond acceptors (Lipinski definition) is 6. The van der Waals surface area contributed by atoms with Crippen LogP contribution in [0.3, 0.4) is 0 Å². The van der Waals surface area contributed by atoms with Crippen LogP contribution in [0.2, 0.25) is 0 Å². The highest BCUT2D eigenvalue weighted by Crippen LogP contribution is 2.26. The first-order valence-electron chi connectivity index (χ1n) is 7.36. The zero-order chi connectivity index (χ0) is 17.6. The number of rotatable bonds is 6. The van der Waals surface area contributed by atoms with E-state index in [2.05, 4.69) is 20.7 Å². The molecule has 2 aromatic heterocycles. The number of carbonyl (C=O) groups is 1. The van der Waals surface area contributed by atoms with Gasteiger partial charge in [-0.2, -0.15) is 10.2 Å². The maximum absolute atomic E-state index is 12.1. The molecule has 0 unspecified atom stereocenters. The summed E-state index contributed by atoms with van der Waals surface area (Å²) in [7, 11) is 3.11. The van der Waals surface area contributed by atoms with Crippen molar-refractivity contribution < 1.29 is 18.7 Å². The second-order valence-corrected chi connectivity index (χ2v) is 4.96. The molecule has 8 nitrogen and oxygen atoms in total. The molecule has 1 amide bonds. The highest BCUT2D eigenvalue weighted by atomic mass is 16.5. The molecular weight excluding hydrogens is 324 g/mol. The molecule has 3 aromatic rings. The lowest BCUT2D eigenvalue weighted by molar-refractivity contribution is 0.0950. The van der Waals surface area contributed by atoms with Crippen LogP contribution in [-0.4, -0.2) is 36.5 Å². The molecule has 0 aliphatic heterocycles. The second-order valence-electron chi connectivity index (χ2n) is 4.96. The van der Waals surface area contributed by atoms with E-state index in [4.69, 9.17) is 13.9 Å². The number of amides is 1. The van der Waals surface area contributed by atoms with Crippen molar-refractivity contribution in [1.82, 2.24) is 15.6 Å². The number of aromatic nitrogens is 2. The summed E-state index contributed by atoms with van der Waals surface area (Å²) in [6, 6.07) is 10.4. The van der Waals surface area contributed by atoms with Crippen LogP contribution in [0.15, 0.2) is 52.2 Å². The molecule has 1 aromatic carbocycles. The predicted octanol–water partition coefficient (Wildman–Crippen LogP) is 2.45. The van der Waals surface area contributed by atoms with E-state index in [0.29, 0.717) is 23.0 Å². The highest BCUT2D eigenvalue weighted by Gasteiger charge is 2.12. The minimum Gasteiger partial charge on any atom is -0.493 e. The van der Waals surface area contributed by atoms with E-state index < -0.39 is 5.91 Å². The van der Waals surface area contributed by atoms with Crippen molar-refractivity contribution in [2.45, 2.75) is 0 Å². The van der Waals surface area contributed by atoms with Crippen LogP contribution in [0.25, 0.3) is 11.5 Å². The van der Waals surface area contributed by atoms with Crippen molar-refractivity contribution in [3.05, 3.63) is 53.9 Å². The number of hydrogen-bond donors (Lipinski definition) is 2. The topological polar surface area (TPSA) is 102 Å². The van der Waals surface area contributed by atoms with Crippen molar-refractivity contribution in [2.75, 3.05) is 14.2 Å². The first kappa shape index (κ1) is 16.3. The molecule has 2 heterocycles. The molecule has 0 bridgehead atoms. The molecule has 8 heteroatoms. The van der Waals surface area contributed by atoms with E-state index in [1.54, 1.807) is 56.9 Å². The van der Waals surface area contributed by atoms with E-state index in [1.165, 1.54) is 6.21 Å². The highest BCUT2D eigenvalue weighted by molar-refractivity contribution is 5.94. The molecule has 3 rings (SSSR count). The van der Waals surface area contributed by atoms with Crippen LogP contribution in [0.1, 0.15) is 16.1 Å². The van der Waals surface area contributed by atoms with Crippen molar-refractivity contribution >= 4 is 12.1 Å². The van der Waals surface area contributed by atoms with Gasteiger partial charge < -0.3 is 13.9 Å². The van der Waals surface area contributed by atoms with Gasteiger partial charge >= 0.3 is 0 Å². The van der Waals surface area contributed by atoms with E-state index in [9.17, 15) is 4.79 Å². The Morgan fingerprint density at radius 1 is 1.24 bits per heavy atom. The largest absolute Gasteiger partial charge is 0.493 e.